The summed E-state index contributed by atoms with van der Waals surface area (Å²) in [6.45, 7) is 4.62. The van der Waals surface area contributed by atoms with Crippen LogP contribution in [-0.4, -0.2) is 30.3 Å². The van der Waals surface area contributed by atoms with Crippen molar-refractivity contribution in [2.24, 2.45) is 28.2 Å². The van der Waals surface area contributed by atoms with Crippen LogP contribution >= 0.6 is 11.8 Å². The molecule has 28 heavy (non-hydrogen) atoms. The fraction of sp³-hybridized carbons (Fsp3) is 0.792. The first kappa shape index (κ1) is 14.3. The Morgan fingerprint density at radius 1 is 1.29 bits per heavy atom. The van der Waals surface area contributed by atoms with E-state index in [2.05, 4.69) is 10.3 Å². The molecule has 1 N–H and O–H groups in total. The molecule has 0 radical (unpaired) electrons. The Kier molecular flexibility index (Phi) is 3.67. The summed E-state index contributed by atoms with van der Waals surface area (Å²) in [5.74, 6) is 2.52. The number of ether oxygens (including phenoxy) is 1. The van der Waals surface area contributed by atoms with Gasteiger partial charge >= 0.3 is 0 Å². The first-order valence-electron chi connectivity index (χ1n) is 13.4. The van der Waals surface area contributed by atoms with Crippen LogP contribution in [0.15, 0.2) is 26.8 Å². The molecular formula is C24H36N2OS. The molecule has 154 valence electrons. The Morgan fingerprint density at radius 3 is 3.00 bits per heavy atom. The Hall–Kier alpha value is -0.740. The van der Waals surface area contributed by atoms with E-state index in [1.54, 1.807) is 0 Å². The second kappa shape index (κ2) is 7.19. The van der Waals surface area contributed by atoms with E-state index in [-0.39, 0.29) is 18.2 Å². The molecule has 4 aliphatic heterocycles. The van der Waals surface area contributed by atoms with Crippen LogP contribution in [-0.2, 0) is 4.74 Å². The van der Waals surface area contributed by atoms with Crippen LogP contribution in [0, 0.1) is 23.2 Å². The standard InChI is InChI=1S/C24H36N2OS/c1-14-8-9-17-16-6-5-7-18(22(16)27-23(17)26-14)20-10-21-19(12-25-20)15(13-28-21)11-24(2,3)4/h15-17,20,23,25H,5-13H2,1-4H3/t15-,16+,17?,20-,23+/m1/s1/i1D3,11D2. The molecule has 5 rings (SSSR count). The van der Waals surface area contributed by atoms with Gasteiger partial charge in [-0.1, -0.05) is 20.8 Å². The first-order chi connectivity index (χ1) is 15.4. The average molecular weight is 406 g/mol. The zero-order chi connectivity index (χ0) is 23.8. The topological polar surface area (TPSA) is 33.6 Å². The summed E-state index contributed by atoms with van der Waals surface area (Å²) in [6.07, 6.45) is 3.96. The van der Waals surface area contributed by atoms with Crippen molar-refractivity contribution in [1.29, 1.82) is 0 Å². The van der Waals surface area contributed by atoms with Crippen molar-refractivity contribution in [3.05, 3.63) is 21.8 Å². The minimum atomic E-state index is -2.12. The molecule has 4 heteroatoms. The van der Waals surface area contributed by atoms with E-state index in [0.29, 0.717) is 24.0 Å². The third-order valence-corrected chi connectivity index (χ3v) is 8.18. The van der Waals surface area contributed by atoms with Crippen molar-refractivity contribution in [3.63, 3.8) is 0 Å². The van der Waals surface area contributed by atoms with Gasteiger partial charge in [0.05, 0.1) is 0 Å². The summed E-state index contributed by atoms with van der Waals surface area (Å²) < 4.78 is 47.2. The van der Waals surface area contributed by atoms with E-state index >= 15 is 0 Å². The van der Waals surface area contributed by atoms with E-state index in [1.807, 2.05) is 32.5 Å². The maximum absolute atomic E-state index is 8.80. The van der Waals surface area contributed by atoms with Gasteiger partial charge in [0, 0.05) is 42.7 Å². The SMILES string of the molecule is [2H]C([2H])([2H])C1=N[C@H]2OC3=C([C@H]4CC5=C(CN4)[C@H](C([2H])([2H])C(C)(C)C)CS5)CCC[C@H]3C2CC1. The molecule has 0 aromatic rings. The summed E-state index contributed by atoms with van der Waals surface area (Å²) in [5.41, 5.74) is 2.53. The van der Waals surface area contributed by atoms with Crippen LogP contribution in [0.2, 0.25) is 0 Å². The van der Waals surface area contributed by atoms with Crippen molar-refractivity contribution >= 4 is 17.5 Å². The number of nitrogens with zero attached hydrogens (tertiary/aromatic N) is 1. The smallest absolute Gasteiger partial charge is 0.192 e. The lowest BCUT2D eigenvalue weighted by atomic mass is 9.76. The molecule has 3 nitrogen and oxygen atoms in total. The molecule has 1 unspecified atom stereocenters. The fourth-order valence-electron chi connectivity index (χ4n) is 5.70. The van der Waals surface area contributed by atoms with Gasteiger partial charge in [-0.15, -0.1) is 11.8 Å². The number of hydrogen-bond acceptors (Lipinski definition) is 4. The summed E-state index contributed by atoms with van der Waals surface area (Å²) >= 11 is 1.85. The molecule has 0 bridgehead atoms. The molecule has 0 aromatic heterocycles. The molecule has 0 aromatic carbocycles. The largest absolute Gasteiger partial charge is 0.472 e. The lowest BCUT2D eigenvalue weighted by Crippen LogP contribution is -2.39. The minimum Gasteiger partial charge on any atom is -0.472 e. The molecule has 5 atom stereocenters. The van der Waals surface area contributed by atoms with Gasteiger partial charge in [-0.25, -0.2) is 0 Å². The maximum atomic E-state index is 8.80. The third-order valence-electron chi connectivity index (χ3n) is 6.90. The van der Waals surface area contributed by atoms with Gasteiger partial charge in [0.25, 0.3) is 0 Å². The van der Waals surface area contributed by atoms with Crippen molar-refractivity contribution in [2.45, 2.75) is 84.8 Å². The highest BCUT2D eigenvalue weighted by atomic mass is 32.2. The van der Waals surface area contributed by atoms with Gasteiger partial charge in [0.2, 0.25) is 0 Å². The van der Waals surface area contributed by atoms with Crippen LogP contribution in [0.5, 0.6) is 0 Å². The second-order valence-corrected chi connectivity index (χ2v) is 11.1. The molecule has 5 aliphatic rings. The summed E-state index contributed by atoms with van der Waals surface area (Å²) in [7, 11) is 0. The summed E-state index contributed by atoms with van der Waals surface area (Å²) in [5, 5.41) is 3.74. The minimum absolute atomic E-state index is 0.0408. The lowest BCUT2D eigenvalue weighted by molar-refractivity contribution is 0.128. The molecule has 1 saturated heterocycles. The fourth-order valence-corrected chi connectivity index (χ4v) is 7.03. The number of hydrogen-bond donors (Lipinski definition) is 1. The second-order valence-electron chi connectivity index (χ2n) is 10.0. The molecule has 0 amide bonds. The maximum Gasteiger partial charge on any atom is 0.192 e. The van der Waals surface area contributed by atoms with Crippen LogP contribution in [0.25, 0.3) is 0 Å². The lowest BCUT2D eigenvalue weighted by Gasteiger charge is -2.34. The molecule has 0 spiro atoms. The first-order valence-corrected chi connectivity index (χ1v) is 11.9. The molecule has 1 fully saturated rings. The number of aliphatic imine (C=N–C) groups is 1. The normalized spacial score (nSPS) is 41.6. The van der Waals surface area contributed by atoms with Crippen molar-refractivity contribution < 1.29 is 11.6 Å². The van der Waals surface area contributed by atoms with Gasteiger partial charge < -0.3 is 10.1 Å². The monoisotopic (exact) mass is 405 g/mol. The number of fused-ring (bicyclic) bond motifs is 3. The number of nitrogens with one attached hydrogen (secondary N) is 1. The van der Waals surface area contributed by atoms with Gasteiger partial charge in [-0.2, -0.15) is 0 Å². The van der Waals surface area contributed by atoms with Crippen LogP contribution in [0.3, 0.4) is 0 Å². The highest BCUT2D eigenvalue weighted by molar-refractivity contribution is 8.03. The Morgan fingerprint density at radius 2 is 2.18 bits per heavy atom. The van der Waals surface area contributed by atoms with Gasteiger partial charge in [-0.3, -0.25) is 4.99 Å². The van der Waals surface area contributed by atoms with Gasteiger partial charge in [0.15, 0.2) is 6.23 Å². The predicted octanol–water partition coefficient (Wildman–Crippen LogP) is 5.68. The summed E-state index contributed by atoms with van der Waals surface area (Å²) in [4.78, 5) is 5.92. The van der Waals surface area contributed by atoms with E-state index in [0.717, 1.165) is 50.2 Å². The summed E-state index contributed by atoms with van der Waals surface area (Å²) in [6, 6.07) is 0.222. The van der Waals surface area contributed by atoms with Crippen molar-refractivity contribution in [3.8, 4) is 0 Å². The van der Waals surface area contributed by atoms with E-state index in [1.165, 1.54) is 16.1 Å². The molecule has 0 saturated carbocycles. The number of rotatable bonds is 2. The van der Waals surface area contributed by atoms with Gasteiger partial charge in [-0.05, 0) is 79.1 Å². The Balaban J connectivity index is 1.38. The quantitative estimate of drug-likeness (QED) is 0.641. The molecular weight excluding hydrogens is 364 g/mol. The van der Waals surface area contributed by atoms with Crippen LogP contribution in [0.1, 0.15) is 79.4 Å². The number of thioether (sulfide) groups is 1. The highest BCUT2D eigenvalue weighted by Gasteiger charge is 2.46. The molecule has 4 heterocycles. The van der Waals surface area contributed by atoms with Crippen LogP contribution in [0.4, 0.5) is 0 Å². The van der Waals surface area contributed by atoms with E-state index < -0.39 is 18.6 Å². The van der Waals surface area contributed by atoms with Gasteiger partial charge in [0.1, 0.15) is 5.76 Å². The number of allylic oxidation sites excluding steroid dienone is 1. The zero-order valence-corrected chi connectivity index (χ0v) is 18.1. The Bertz CT molecular complexity index is 917. The van der Waals surface area contributed by atoms with Crippen LogP contribution < -0.4 is 5.32 Å². The van der Waals surface area contributed by atoms with Crippen molar-refractivity contribution in [1.82, 2.24) is 5.32 Å². The van der Waals surface area contributed by atoms with E-state index in [4.69, 9.17) is 11.6 Å². The molecule has 1 aliphatic carbocycles. The van der Waals surface area contributed by atoms with Crippen molar-refractivity contribution in [2.75, 3.05) is 12.3 Å². The van der Waals surface area contributed by atoms with E-state index in [9.17, 15) is 0 Å². The zero-order valence-electron chi connectivity index (χ0n) is 22.3. The predicted molar refractivity (Wildman–Crippen MR) is 119 cm³/mol. The Labute approximate surface area is 181 Å². The average Bonchev–Trinajstić information content (AvgIpc) is 3.32. The highest BCUT2D eigenvalue weighted by Crippen LogP contribution is 2.51. The third kappa shape index (κ3) is 3.49.